The van der Waals surface area contributed by atoms with Gasteiger partial charge in [-0.25, -0.2) is 0 Å². The molecule has 0 aromatic carbocycles. The highest BCUT2D eigenvalue weighted by Gasteiger charge is 2.13. The number of hydrogen-bond donors (Lipinski definition) is 1. The Labute approximate surface area is 84.7 Å². The minimum atomic E-state index is -0.953. The molecule has 1 aromatic heterocycles. The summed E-state index contributed by atoms with van der Waals surface area (Å²) >= 11 is 3.35. The Morgan fingerprint density at radius 1 is 1.77 bits per heavy atom. The SMILES string of the molecule is Cc1nn(C)c(CC(O)C=O)c1Br. The molecule has 13 heavy (non-hydrogen) atoms. The van der Waals surface area contributed by atoms with Gasteiger partial charge in [-0.05, 0) is 22.9 Å². The molecule has 0 fully saturated rings. The van der Waals surface area contributed by atoms with Gasteiger partial charge in [-0.2, -0.15) is 5.10 Å². The zero-order valence-electron chi connectivity index (χ0n) is 7.49. The Bertz CT molecular complexity index is 322. The highest BCUT2D eigenvalue weighted by molar-refractivity contribution is 9.10. The average molecular weight is 247 g/mol. The summed E-state index contributed by atoms with van der Waals surface area (Å²) in [6, 6.07) is 0. The van der Waals surface area contributed by atoms with E-state index in [2.05, 4.69) is 21.0 Å². The molecule has 1 atom stereocenters. The first-order valence-corrected chi connectivity index (χ1v) is 4.67. The minimum Gasteiger partial charge on any atom is -0.385 e. The van der Waals surface area contributed by atoms with E-state index in [0.29, 0.717) is 12.7 Å². The molecule has 0 aliphatic carbocycles. The molecule has 0 radical (unpaired) electrons. The lowest BCUT2D eigenvalue weighted by molar-refractivity contribution is -0.114. The smallest absolute Gasteiger partial charge is 0.148 e. The lowest BCUT2D eigenvalue weighted by Gasteiger charge is -2.03. The molecule has 72 valence electrons. The second-order valence-electron chi connectivity index (χ2n) is 2.88. The Balaban J connectivity index is 2.93. The Morgan fingerprint density at radius 2 is 2.38 bits per heavy atom. The first-order valence-electron chi connectivity index (χ1n) is 3.87. The number of aliphatic hydroxyl groups is 1. The number of halogens is 1. The summed E-state index contributed by atoms with van der Waals surface area (Å²) in [6.45, 7) is 1.86. The lowest BCUT2D eigenvalue weighted by Crippen LogP contribution is -2.14. The lowest BCUT2D eigenvalue weighted by atomic mass is 10.2. The first-order chi connectivity index (χ1) is 6.06. The zero-order valence-corrected chi connectivity index (χ0v) is 9.08. The number of carbonyl (C=O) groups is 1. The van der Waals surface area contributed by atoms with Crippen LogP contribution in [-0.4, -0.2) is 27.3 Å². The highest BCUT2D eigenvalue weighted by atomic mass is 79.9. The second-order valence-corrected chi connectivity index (χ2v) is 3.67. The summed E-state index contributed by atoms with van der Waals surface area (Å²) in [5, 5.41) is 13.3. The standard InChI is InChI=1S/C8H11BrN2O2/c1-5-8(9)7(11(2)10-5)3-6(13)4-12/h4,6,13H,3H2,1-2H3. The van der Waals surface area contributed by atoms with Crippen molar-refractivity contribution in [3.05, 3.63) is 15.9 Å². The van der Waals surface area contributed by atoms with Crippen molar-refractivity contribution in [2.75, 3.05) is 0 Å². The van der Waals surface area contributed by atoms with E-state index in [1.54, 1.807) is 11.7 Å². The van der Waals surface area contributed by atoms with Crippen LogP contribution in [0.4, 0.5) is 0 Å². The largest absolute Gasteiger partial charge is 0.385 e. The van der Waals surface area contributed by atoms with Crippen LogP contribution in [0.25, 0.3) is 0 Å². The van der Waals surface area contributed by atoms with Crippen molar-refractivity contribution in [1.29, 1.82) is 0 Å². The van der Waals surface area contributed by atoms with Crippen molar-refractivity contribution in [2.24, 2.45) is 7.05 Å². The fourth-order valence-corrected chi connectivity index (χ4v) is 1.65. The average Bonchev–Trinajstić information content (AvgIpc) is 2.32. The zero-order chi connectivity index (χ0) is 10.0. The number of rotatable bonds is 3. The van der Waals surface area contributed by atoms with E-state index in [9.17, 15) is 4.79 Å². The van der Waals surface area contributed by atoms with E-state index < -0.39 is 6.10 Å². The maximum absolute atomic E-state index is 10.2. The fourth-order valence-electron chi connectivity index (χ4n) is 1.15. The summed E-state index contributed by atoms with van der Waals surface area (Å²) in [5.41, 5.74) is 1.69. The number of aldehydes is 1. The number of aliphatic hydroxyl groups excluding tert-OH is 1. The van der Waals surface area contributed by atoms with Crippen LogP contribution in [0.5, 0.6) is 0 Å². The number of aromatic nitrogens is 2. The molecule has 4 nitrogen and oxygen atoms in total. The molecule has 0 aliphatic heterocycles. The van der Waals surface area contributed by atoms with E-state index in [1.165, 1.54) is 0 Å². The predicted molar refractivity (Wildman–Crippen MR) is 51.4 cm³/mol. The maximum Gasteiger partial charge on any atom is 0.148 e. The number of carbonyl (C=O) groups excluding carboxylic acids is 1. The Hall–Kier alpha value is -0.680. The van der Waals surface area contributed by atoms with E-state index in [0.717, 1.165) is 15.9 Å². The third kappa shape index (κ3) is 2.16. The summed E-state index contributed by atoms with van der Waals surface area (Å²) in [4.78, 5) is 10.2. The summed E-state index contributed by atoms with van der Waals surface area (Å²) in [6.07, 6.45) is -0.137. The quantitative estimate of drug-likeness (QED) is 0.795. The molecule has 0 bridgehead atoms. The van der Waals surface area contributed by atoms with Gasteiger partial charge in [0.2, 0.25) is 0 Å². The Kier molecular flexibility index (Phi) is 3.22. The van der Waals surface area contributed by atoms with Gasteiger partial charge in [0, 0.05) is 13.5 Å². The third-order valence-corrected chi connectivity index (χ3v) is 2.85. The van der Waals surface area contributed by atoms with Gasteiger partial charge in [0.15, 0.2) is 0 Å². The van der Waals surface area contributed by atoms with Crippen molar-refractivity contribution in [2.45, 2.75) is 19.4 Å². The fraction of sp³-hybridized carbons (Fsp3) is 0.500. The van der Waals surface area contributed by atoms with Gasteiger partial charge in [-0.3, -0.25) is 4.68 Å². The number of aryl methyl sites for hydroxylation is 2. The third-order valence-electron chi connectivity index (χ3n) is 1.82. The van der Waals surface area contributed by atoms with Crippen LogP contribution in [-0.2, 0) is 18.3 Å². The van der Waals surface area contributed by atoms with E-state index >= 15 is 0 Å². The Morgan fingerprint density at radius 3 is 2.77 bits per heavy atom. The van der Waals surface area contributed by atoms with Crippen LogP contribution < -0.4 is 0 Å². The van der Waals surface area contributed by atoms with Gasteiger partial charge in [0.05, 0.1) is 15.9 Å². The van der Waals surface area contributed by atoms with Gasteiger partial charge in [0.1, 0.15) is 12.4 Å². The van der Waals surface area contributed by atoms with Gasteiger partial charge in [0.25, 0.3) is 0 Å². The molecule has 0 aliphatic rings. The van der Waals surface area contributed by atoms with Crippen LogP contribution in [0.3, 0.4) is 0 Å². The molecule has 0 saturated carbocycles. The molecule has 1 aromatic rings. The first kappa shape index (κ1) is 10.4. The van der Waals surface area contributed by atoms with Gasteiger partial charge >= 0.3 is 0 Å². The summed E-state index contributed by atoms with van der Waals surface area (Å²) in [7, 11) is 1.78. The normalized spacial score (nSPS) is 12.9. The molecular formula is C8H11BrN2O2. The van der Waals surface area contributed by atoms with Crippen molar-refractivity contribution < 1.29 is 9.90 Å². The van der Waals surface area contributed by atoms with Crippen molar-refractivity contribution in [3.63, 3.8) is 0 Å². The molecular weight excluding hydrogens is 236 g/mol. The summed E-state index contributed by atoms with van der Waals surface area (Å²) < 4.78 is 2.52. The van der Waals surface area contributed by atoms with Gasteiger partial charge in [-0.15, -0.1) is 0 Å². The van der Waals surface area contributed by atoms with Crippen LogP contribution in [0, 0.1) is 6.92 Å². The molecule has 1 rings (SSSR count). The molecule has 0 amide bonds. The van der Waals surface area contributed by atoms with Crippen molar-refractivity contribution >= 4 is 22.2 Å². The summed E-state index contributed by atoms with van der Waals surface area (Å²) in [5.74, 6) is 0. The van der Waals surface area contributed by atoms with Crippen LogP contribution in [0.1, 0.15) is 11.4 Å². The predicted octanol–water partition coefficient (Wildman–Crippen LogP) is 0.593. The monoisotopic (exact) mass is 246 g/mol. The van der Waals surface area contributed by atoms with Gasteiger partial charge in [-0.1, -0.05) is 0 Å². The van der Waals surface area contributed by atoms with Crippen LogP contribution >= 0.6 is 15.9 Å². The maximum atomic E-state index is 10.2. The molecule has 1 N–H and O–H groups in total. The second kappa shape index (κ2) is 4.02. The van der Waals surface area contributed by atoms with Crippen molar-refractivity contribution in [1.82, 2.24) is 9.78 Å². The molecule has 5 heteroatoms. The topological polar surface area (TPSA) is 55.1 Å². The highest BCUT2D eigenvalue weighted by Crippen LogP contribution is 2.21. The van der Waals surface area contributed by atoms with Crippen molar-refractivity contribution in [3.8, 4) is 0 Å². The van der Waals surface area contributed by atoms with Crippen LogP contribution in [0.15, 0.2) is 4.47 Å². The molecule has 1 heterocycles. The van der Waals surface area contributed by atoms with Gasteiger partial charge < -0.3 is 9.90 Å². The molecule has 1 unspecified atom stereocenters. The number of hydrogen-bond acceptors (Lipinski definition) is 3. The molecule has 0 spiro atoms. The molecule has 0 saturated heterocycles. The van der Waals surface area contributed by atoms with Crippen LogP contribution in [0.2, 0.25) is 0 Å². The van der Waals surface area contributed by atoms with E-state index in [4.69, 9.17) is 5.11 Å². The van der Waals surface area contributed by atoms with E-state index in [1.807, 2.05) is 6.92 Å². The van der Waals surface area contributed by atoms with E-state index in [-0.39, 0.29) is 0 Å². The number of nitrogens with zero attached hydrogens (tertiary/aromatic N) is 2. The minimum absolute atomic E-state index is 0.293.